The molecule has 0 fully saturated rings. The summed E-state index contributed by atoms with van der Waals surface area (Å²) in [6.07, 6.45) is 7.32. The Morgan fingerprint density at radius 3 is 2.00 bits per heavy atom. The predicted octanol–water partition coefficient (Wildman–Crippen LogP) is 0.823. The Morgan fingerprint density at radius 1 is 1.00 bits per heavy atom. The number of hydrogen-bond donors (Lipinski definition) is 0. The van der Waals surface area contributed by atoms with Crippen molar-refractivity contribution in [2.24, 2.45) is 0 Å². The predicted molar refractivity (Wildman–Crippen MR) is 68.1 cm³/mol. The molecule has 0 radical (unpaired) electrons. The Bertz CT molecular complexity index is 590. The molecule has 0 aliphatic carbocycles. The van der Waals surface area contributed by atoms with Gasteiger partial charge in [-0.05, 0) is 32.0 Å². The number of rotatable bonds is 3. The van der Waals surface area contributed by atoms with Crippen LogP contribution in [0.15, 0.2) is 43.0 Å². The number of aryl methyl sites for hydroxylation is 2. The van der Waals surface area contributed by atoms with E-state index < -0.39 is 0 Å². The molecule has 0 saturated carbocycles. The van der Waals surface area contributed by atoms with Gasteiger partial charge in [-0.15, -0.1) is 0 Å². The lowest BCUT2D eigenvalue weighted by Crippen LogP contribution is -2.43. The van der Waals surface area contributed by atoms with Crippen molar-refractivity contribution in [1.29, 1.82) is 0 Å². The first-order valence-corrected chi connectivity index (χ1v) is 5.77. The van der Waals surface area contributed by atoms with Crippen molar-refractivity contribution in [2.45, 2.75) is 13.8 Å². The quantitative estimate of drug-likeness (QED) is 0.637. The van der Waals surface area contributed by atoms with Gasteiger partial charge in [-0.2, -0.15) is 15.3 Å². The van der Waals surface area contributed by atoms with Gasteiger partial charge in [-0.25, -0.2) is 0 Å². The summed E-state index contributed by atoms with van der Waals surface area (Å²) in [5.41, 5.74) is 2.06. The van der Waals surface area contributed by atoms with Crippen LogP contribution in [-0.4, -0.2) is 36.2 Å². The minimum atomic E-state index is -0.205. The molecule has 0 bridgehead atoms. The van der Waals surface area contributed by atoms with Crippen LogP contribution < -0.4 is 0 Å². The van der Waals surface area contributed by atoms with Crippen LogP contribution in [0.5, 0.6) is 0 Å². The summed E-state index contributed by atoms with van der Waals surface area (Å²) < 4.78 is 5.56. The summed E-state index contributed by atoms with van der Waals surface area (Å²) in [4.78, 5) is 0. The Morgan fingerprint density at radius 2 is 1.61 bits per heavy atom. The molecule has 3 rings (SSSR count). The summed E-state index contributed by atoms with van der Waals surface area (Å²) >= 11 is 0. The Kier molecular flexibility index (Phi) is 2.51. The maximum atomic E-state index is 4.52. The van der Waals surface area contributed by atoms with Gasteiger partial charge in [0.2, 0.25) is 0 Å². The summed E-state index contributed by atoms with van der Waals surface area (Å²) in [5, 5.41) is 13.1. The van der Waals surface area contributed by atoms with E-state index in [1.807, 2.05) is 58.2 Å². The minimum Gasteiger partial charge on any atom is -0.269 e. The van der Waals surface area contributed by atoms with Crippen LogP contribution >= 0.6 is 0 Å². The highest BCUT2D eigenvalue weighted by molar-refractivity contribution is 6.52. The van der Waals surface area contributed by atoms with Crippen LogP contribution in [0.1, 0.15) is 11.4 Å². The molecule has 3 aromatic heterocycles. The van der Waals surface area contributed by atoms with Gasteiger partial charge in [0, 0.05) is 30.5 Å². The first-order valence-electron chi connectivity index (χ1n) is 5.77. The van der Waals surface area contributed by atoms with E-state index in [2.05, 4.69) is 15.3 Å². The summed E-state index contributed by atoms with van der Waals surface area (Å²) in [6.45, 7) is 4.01. The highest BCUT2D eigenvalue weighted by Crippen LogP contribution is 2.05. The summed E-state index contributed by atoms with van der Waals surface area (Å²) in [5.74, 6) is 0. The molecule has 7 heteroatoms. The molecular formula is C11H13BN6. The van der Waals surface area contributed by atoms with Crippen LogP contribution in [0.4, 0.5) is 0 Å². The zero-order valence-electron chi connectivity index (χ0n) is 10.3. The number of nitrogens with zero attached hydrogens (tertiary/aromatic N) is 6. The standard InChI is InChI=1S/C11H13BN6/c1-10-9-11(2)18(15-10)12(16-7-3-5-13-16)17-8-4-6-14-17/h3-9H,1-2H3. The van der Waals surface area contributed by atoms with E-state index in [-0.39, 0.29) is 7.12 Å². The second-order valence-corrected chi connectivity index (χ2v) is 4.19. The van der Waals surface area contributed by atoms with Crippen molar-refractivity contribution >= 4 is 7.12 Å². The zero-order chi connectivity index (χ0) is 12.5. The van der Waals surface area contributed by atoms with E-state index in [1.165, 1.54) is 0 Å². The molecule has 3 heterocycles. The molecule has 0 atom stereocenters. The van der Waals surface area contributed by atoms with Crippen molar-refractivity contribution in [3.8, 4) is 0 Å². The van der Waals surface area contributed by atoms with Gasteiger partial charge in [-0.3, -0.25) is 13.8 Å². The molecule has 0 N–H and O–H groups in total. The maximum absolute atomic E-state index is 4.52. The average molecular weight is 240 g/mol. The van der Waals surface area contributed by atoms with Gasteiger partial charge in [0.05, 0.1) is 5.69 Å². The molecule has 0 aliphatic heterocycles. The lowest BCUT2D eigenvalue weighted by atomic mass is 9.95. The second kappa shape index (κ2) is 4.17. The fourth-order valence-corrected chi connectivity index (χ4v) is 2.06. The summed E-state index contributed by atoms with van der Waals surface area (Å²) in [7, 11) is -0.205. The topological polar surface area (TPSA) is 53.5 Å². The molecule has 0 spiro atoms. The highest BCUT2D eigenvalue weighted by Gasteiger charge is 2.27. The molecule has 0 aromatic carbocycles. The number of hydrogen-bond acceptors (Lipinski definition) is 3. The van der Waals surface area contributed by atoms with Gasteiger partial charge in [-0.1, -0.05) is 0 Å². The highest BCUT2D eigenvalue weighted by atomic mass is 15.4. The van der Waals surface area contributed by atoms with Crippen LogP contribution in [0.2, 0.25) is 0 Å². The van der Waals surface area contributed by atoms with E-state index in [9.17, 15) is 0 Å². The van der Waals surface area contributed by atoms with E-state index in [0.717, 1.165) is 11.4 Å². The van der Waals surface area contributed by atoms with Gasteiger partial charge < -0.3 is 0 Å². The fourth-order valence-electron chi connectivity index (χ4n) is 2.06. The molecule has 3 aromatic rings. The van der Waals surface area contributed by atoms with Gasteiger partial charge in [0.25, 0.3) is 0 Å². The second-order valence-electron chi connectivity index (χ2n) is 4.19. The Labute approximate surface area is 105 Å². The van der Waals surface area contributed by atoms with E-state index in [0.29, 0.717) is 0 Å². The van der Waals surface area contributed by atoms with Crippen molar-refractivity contribution in [3.05, 3.63) is 54.4 Å². The molecular weight excluding hydrogens is 227 g/mol. The normalized spacial score (nSPS) is 10.8. The minimum absolute atomic E-state index is 0.205. The largest absolute Gasteiger partial charge is 0.568 e. The van der Waals surface area contributed by atoms with E-state index in [4.69, 9.17) is 0 Å². The van der Waals surface area contributed by atoms with Gasteiger partial charge in [0.1, 0.15) is 0 Å². The van der Waals surface area contributed by atoms with Crippen molar-refractivity contribution in [1.82, 2.24) is 29.1 Å². The van der Waals surface area contributed by atoms with Gasteiger partial charge >= 0.3 is 7.12 Å². The Hall–Kier alpha value is -2.31. The summed E-state index contributed by atoms with van der Waals surface area (Å²) in [6, 6.07) is 5.82. The van der Waals surface area contributed by atoms with Crippen molar-refractivity contribution in [2.75, 3.05) is 0 Å². The van der Waals surface area contributed by atoms with Crippen LogP contribution in [0, 0.1) is 13.8 Å². The molecule has 90 valence electrons. The monoisotopic (exact) mass is 240 g/mol. The molecule has 0 unspecified atom stereocenters. The Balaban J connectivity index is 2.14. The molecule has 0 aliphatic rings. The molecule has 0 saturated heterocycles. The van der Waals surface area contributed by atoms with E-state index in [1.54, 1.807) is 12.4 Å². The molecule has 0 amide bonds. The number of aromatic nitrogens is 6. The third-order valence-corrected chi connectivity index (χ3v) is 2.79. The van der Waals surface area contributed by atoms with Crippen LogP contribution in [0.25, 0.3) is 0 Å². The van der Waals surface area contributed by atoms with Crippen molar-refractivity contribution < 1.29 is 0 Å². The van der Waals surface area contributed by atoms with Crippen LogP contribution in [-0.2, 0) is 0 Å². The first-order chi connectivity index (χ1) is 8.75. The molecule has 18 heavy (non-hydrogen) atoms. The zero-order valence-corrected chi connectivity index (χ0v) is 10.3. The third kappa shape index (κ3) is 1.73. The third-order valence-electron chi connectivity index (χ3n) is 2.79. The van der Waals surface area contributed by atoms with Gasteiger partial charge in [0.15, 0.2) is 0 Å². The smallest absolute Gasteiger partial charge is 0.269 e. The molecule has 6 nitrogen and oxygen atoms in total. The average Bonchev–Trinajstić information content (AvgIpc) is 3.04. The fraction of sp³-hybridized carbons (Fsp3) is 0.182. The van der Waals surface area contributed by atoms with E-state index >= 15 is 0 Å². The van der Waals surface area contributed by atoms with Crippen LogP contribution in [0.3, 0.4) is 0 Å². The lowest BCUT2D eigenvalue weighted by Gasteiger charge is -2.14. The first kappa shape index (κ1) is 10.8. The maximum Gasteiger partial charge on any atom is 0.568 e. The SMILES string of the molecule is Cc1cc(C)n(B(n2cccn2)n2cccn2)n1. The lowest BCUT2D eigenvalue weighted by molar-refractivity contribution is 0.755. The van der Waals surface area contributed by atoms with Crippen molar-refractivity contribution in [3.63, 3.8) is 0 Å².